The number of nitrogens with one attached hydrogen (secondary N) is 2. The lowest BCUT2D eigenvalue weighted by atomic mass is 10.1. The predicted molar refractivity (Wildman–Crippen MR) is 135 cm³/mol. The zero-order chi connectivity index (χ0) is 19.6. The molecule has 0 saturated carbocycles. The van der Waals surface area contributed by atoms with Crippen molar-refractivity contribution in [3.05, 3.63) is 47.3 Å². The molecule has 3 rings (SSSR count). The minimum atomic E-state index is 0. The van der Waals surface area contributed by atoms with E-state index in [0.29, 0.717) is 6.04 Å². The SMILES string of the molecule is CN=C(NCCCCOc1ccc(C)cc1)NC1CCN(c2cccs2)CC1.I. The summed E-state index contributed by atoms with van der Waals surface area (Å²) in [6.07, 6.45) is 4.37. The third-order valence-corrected chi connectivity index (χ3v) is 5.96. The molecule has 1 aliphatic rings. The molecule has 1 saturated heterocycles. The number of anilines is 1. The maximum Gasteiger partial charge on any atom is 0.191 e. The standard InChI is InChI=1S/C22H32N4OS.HI/c1-18-7-9-20(10-8-18)27-16-4-3-13-24-22(23-2)25-19-11-14-26(15-12-19)21-6-5-17-28-21;/h5-10,17,19H,3-4,11-16H2,1-2H3,(H2,23,24,25);1H. The largest absolute Gasteiger partial charge is 0.494 e. The number of benzene rings is 1. The Morgan fingerprint density at radius 1 is 1.17 bits per heavy atom. The van der Waals surface area contributed by atoms with E-state index in [1.807, 2.05) is 30.5 Å². The molecule has 0 unspecified atom stereocenters. The third kappa shape index (κ3) is 8.04. The highest BCUT2D eigenvalue weighted by molar-refractivity contribution is 14.0. The molecule has 1 fully saturated rings. The maximum atomic E-state index is 5.78. The van der Waals surface area contributed by atoms with Gasteiger partial charge in [-0.1, -0.05) is 17.7 Å². The van der Waals surface area contributed by atoms with E-state index >= 15 is 0 Å². The van der Waals surface area contributed by atoms with Gasteiger partial charge in [0.2, 0.25) is 0 Å². The van der Waals surface area contributed by atoms with Crippen molar-refractivity contribution in [1.82, 2.24) is 10.6 Å². The van der Waals surface area contributed by atoms with Gasteiger partial charge in [0.15, 0.2) is 5.96 Å². The van der Waals surface area contributed by atoms with Crippen molar-refractivity contribution in [3.63, 3.8) is 0 Å². The van der Waals surface area contributed by atoms with Crippen LogP contribution in [0.3, 0.4) is 0 Å². The van der Waals surface area contributed by atoms with Crippen LogP contribution in [0.2, 0.25) is 0 Å². The second-order valence-electron chi connectivity index (χ2n) is 7.22. The molecular formula is C22H33IN4OS. The van der Waals surface area contributed by atoms with Crippen LogP contribution in [0.4, 0.5) is 5.00 Å². The van der Waals surface area contributed by atoms with Gasteiger partial charge < -0.3 is 20.3 Å². The number of piperidine rings is 1. The Kier molecular flexibility index (Phi) is 10.6. The number of halogens is 1. The molecule has 0 atom stereocenters. The minimum Gasteiger partial charge on any atom is -0.494 e. The molecule has 0 aliphatic carbocycles. The lowest BCUT2D eigenvalue weighted by Crippen LogP contribution is -2.48. The summed E-state index contributed by atoms with van der Waals surface area (Å²) in [5.74, 6) is 1.86. The first kappa shape index (κ1) is 23.8. The van der Waals surface area contributed by atoms with E-state index in [1.165, 1.54) is 10.6 Å². The molecule has 5 nitrogen and oxygen atoms in total. The van der Waals surface area contributed by atoms with Crippen molar-refractivity contribution < 1.29 is 4.74 Å². The normalized spacial score (nSPS) is 15.0. The van der Waals surface area contributed by atoms with Gasteiger partial charge in [-0.25, -0.2) is 0 Å². The van der Waals surface area contributed by atoms with Crippen LogP contribution in [0.1, 0.15) is 31.2 Å². The van der Waals surface area contributed by atoms with Crippen LogP contribution in [0.25, 0.3) is 0 Å². The lowest BCUT2D eigenvalue weighted by Gasteiger charge is -2.33. The van der Waals surface area contributed by atoms with Gasteiger partial charge in [0.05, 0.1) is 11.6 Å². The first-order chi connectivity index (χ1) is 13.7. The number of unbranched alkanes of at least 4 members (excludes halogenated alkanes) is 1. The van der Waals surface area contributed by atoms with Crippen molar-refractivity contribution in [2.75, 3.05) is 38.2 Å². The number of ether oxygens (including phenoxy) is 1. The smallest absolute Gasteiger partial charge is 0.191 e. The fourth-order valence-electron chi connectivity index (χ4n) is 3.34. The molecule has 0 spiro atoms. The van der Waals surface area contributed by atoms with Crippen molar-refractivity contribution in [2.45, 2.75) is 38.6 Å². The molecule has 1 aromatic carbocycles. The van der Waals surface area contributed by atoms with Gasteiger partial charge in [-0.05, 0) is 62.3 Å². The van der Waals surface area contributed by atoms with Gasteiger partial charge in [-0.3, -0.25) is 4.99 Å². The molecule has 0 amide bonds. The van der Waals surface area contributed by atoms with Crippen molar-refractivity contribution in [1.29, 1.82) is 0 Å². The molecule has 1 aromatic heterocycles. The van der Waals surface area contributed by atoms with Crippen LogP contribution in [0.15, 0.2) is 46.8 Å². The highest BCUT2D eigenvalue weighted by Crippen LogP contribution is 2.24. The number of aryl methyl sites for hydroxylation is 1. The summed E-state index contributed by atoms with van der Waals surface area (Å²) in [6, 6.07) is 13.1. The van der Waals surface area contributed by atoms with E-state index < -0.39 is 0 Å². The Hall–Kier alpha value is -1.48. The van der Waals surface area contributed by atoms with Crippen LogP contribution >= 0.6 is 35.3 Å². The molecule has 1 aliphatic heterocycles. The van der Waals surface area contributed by atoms with E-state index in [4.69, 9.17) is 4.74 Å². The van der Waals surface area contributed by atoms with Crippen molar-refractivity contribution >= 4 is 46.3 Å². The third-order valence-electron chi connectivity index (χ3n) is 5.03. The highest BCUT2D eigenvalue weighted by Gasteiger charge is 2.20. The number of hydrogen-bond donors (Lipinski definition) is 2. The zero-order valence-corrected chi connectivity index (χ0v) is 20.5. The second-order valence-corrected chi connectivity index (χ2v) is 8.15. The monoisotopic (exact) mass is 528 g/mol. The summed E-state index contributed by atoms with van der Waals surface area (Å²) in [4.78, 5) is 6.86. The van der Waals surface area contributed by atoms with E-state index in [-0.39, 0.29) is 24.0 Å². The maximum absolute atomic E-state index is 5.78. The van der Waals surface area contributed by atoms with Crippen LogP contribution in [-0.2, 0) is 0 Å². The number of aliphatic imine (C=N–C) groups is 1. The van der Waals surface area contributed by atoms with Crippen molar-refractivity contribution in [2.24, 2.45) is 4.99 Å². The Morgan fingerprint density at radius 3 is 2.59 bits per heavy atom. The average molecular weight is 529 g/mol. The molecule has 0 radical (unpaired) electrons. The summed E-state index contributed by atoms with van der Waals surface area (Å²) >= 11 is 1.82. The number of rotatable bonds is 8. The van der Waals surface area contributed by atoms with Gasteiger partial charge >= 0.3 is 0 Å². The number of thiophene rings is 1. The van der Waals surface area contributed by atoms with Crippen LogP contribution < -0.4 is 20.3 Å². The van der Waals surface area contributed by atoms with Crippen LogP contribution in [-0.4, -0.2) is 45.3 Å². The summed E-state index contributed by atoms with van der Waals surface area (Å²) < 4.78 is 5.78. The van der Waals surface area contributed by atoms with Gasteiger partial charge in [-0.15, -0.1) is 35.3 Å². The van der Waals surface area contributed by atoms with Gasteiger partial charge in [0.25, 0.3) is 0 Å². The predicted octanol–water partition coefficient (Wildman–Crippen LogP) is 4.67. The number of nitrogens with zero attached hydrogens (tertiary/aromatic N) is 2. The summed E-state index contributed by atoms with van der Waals surface area (Å²) in [5, 5.41) is 10.5. The molecule has 0 bridgehead atoms. The van der Waals surface area contributed by atoms with E-state index in [1.54, 1.807) is 0 Å². The molecule has 7 heteroatoms. The van der Waals surface area contributed by atoms with Crippen LogP contribution in [0, 0.1) is 6.92 Å². The first-order valence-electron chi connectivity index (χ1n) is 10.2. The Labute approximate surface area is 196 Å². The zero-order valence-electron chi connectivity index (χ0n) is 17.4. The highest BCUT2D eigenvalue weighted by atomic mass is 127. The van der Waals surface area contributed by atoms with Gasteiger partial charge in [-0.2, -0.15) is 0 Å². The number of hydrogen-bond acceptors (Lipinski definition) is 4. The van der Waals surface area contributed by atoms with E-state index in [2.05, 4.69) is 57.1 Å². The average Bonchev–Trinajstić information content (AvgIpc) is 3.26. The second kappa shape index (κ2) is 13.0. The fraction of sp³-hybridized carbons (Fsp3) is 0.500. The first-order valence-corrected chi connectivity index (χ1v) is 11.1. The number of guanidine groups is 1. The topological polar surface area (TPSA) is 48.9 Å². The van der Waals surface area contributed by atoms with Gasteiger partial charge in [0.1, 0.15) is 5.75 Å². The molecule has 160 valence electrons. The Morgan fingerprint density at radius 2 is 1.93 bits per heavy atom. The molecule has 2 aromatic rings. The van der Waals surface area contributed by atoms with E-state index in [0.717, 1.165) is 63.6 Å². The summed E-state index contributed by atoms with van der Waals surface area (Å²) in [5.41, 5.74) is 1.26. The molecule has 2 N–H and O–H groups in total. The summed E-state index contributed by atoms with van der Waals surface area (Å²) in [6.45, 7) is 5.95. The molecular weight excluding hydrogens is 495 g/mol. The fourth-order valence-corrected chi connectivity index (χ4v) is 4.13. The summed E-state index contributed by atoms with van der Waals surface area (Å²) in [7, 11) is 1.84. The molecule has 29 heavy (non-hydrogen) atoms. The molecule has 2 heterocycles. The lowest BCUT2D eigenvalue weighted by molar-refractivity contribution is 0.307. The van der Waals surface area contributed by atoms with Gasteiger partial charge in [0, 0.05) is 32.7 Å². The van der Waals surface area contributed by atoms with E-state index in [9.17, 15) is 0 Å². The minimum absolute atomic E-state index is 0. The Bertz CT molecular complexity index is 713. The quantitative estimate of drug-likeness (QED) is 0.226. The van der Waals surface area contributed by atoms with Crippen LogP contribution in [0.5, 0.6) is 5.75 Å². The van der Waals surface area contributed by atoms with Crippen molar-refractivity contribution in [3.8, 4) is 5.75 Å². The Balaban J connectivity index is 0.00000300.